The van der Waals surface area contributed by atoms with Crippen LogP contribution in [0.1, 0.15) is 18.1 Å². The summed E-state index contributed by atoms with van der Waals surface area (Å²) >= 11 is 7.38. The fourth-order valence-corrected chi connectivity index (χ4v) is 4.16. The van der Waals surface area contributed by atoms with Gasteiger partial charge in [-0.25, -0.2) is 5.43 Å². The molecule has 3 aromatic carbocycles. The molecule has 4 aromatic rings. The summed E-state index contributed by atoms with van der Waals surface area (Å²) in [5, 5.41) is 14.1. The van der Waals surface area contributed by atoms with Crippen molar-refractivity contribution in [3.8, 4) is 17.1 Å². The number of carbonyl (C=O) groups excluding carboxylic acids is 1. The molecule has 0 spiro atoms. The number of benzene rings is 3. The summed E-state index contributed by atoms with van der Waals surface area (Å²) in [5.74, 6) is 0.592. The van der Waals surface area contributed by atoms with E-state index in [-0.39, 0.29) is 11.7 Å². The van der Waals surface area contributed by atoms with Crippen LogP contribution in [-0.4, -0.2) is 32.6 Å². The Bertz CT molecular complexity index is 1350. The Hall–Kier alpha value is -3.68. The van der Waals surface area contributed by atoms with Gasteiger partial charge in [-0.3, -0.25) is 9.36 Å². The second kappa shape index (κ2) is 11.6. The van der Waals surface area contributed by atoms with Crippen molar-refractivity contribution in [2.24, 2.45) is 5.10 Å². The maximum atomic E-state index is 12.4. The van der Waals surface area contributed by atoms with Crippen LogP contribution in [0.3, 0.4) is 0 Å². The largest absolute Gasteiger partial charge is 0.272 e. The zero-order valence-electron chi connectivity index (χ0n) is 19.4. The third-order valence-electron chi connectivity index (χ3n) is 5.01. The first-order chi connectivity index (χ1) is 17.0. The van der Waals surface area contributed by atoms with E-state index in [0.717, 1.165) is 28.0 Å². The quantitative estimate of drug-likeness (QED) is 0.177. The number of halogens is 1. The topological polar surface area (TPSA) is 72.2 Å². The van der Waals surface area contributed by atoms with Gasteiger partial charge in [0.05, 0.1) is 12.0 Å². The van der Waals surface area contributed by atoms with E-state index in [9.17, 15) is 4.79 Å². The molecule has 0 saturated carbocycles. The van der Waals surface area contributed by atoms with Gasteiger partial charge in [0.1, 0.15) is 0 Å². The fourth-order valence-electron chi connectivity index (χ4n) is 3.29. The van der Waals surface area contributed by atoms with Gasteiger partial charge in [0.25, 0.3) is 5.91 Å². The summed E-state index contributed by atoms with van der Waals surface area (Å²) in [6.45, 7) is 3.97. The molecular formula is C27H24ClN5OS. The van der Waals surface area contributed by atoms with Gasteiger partial charge in [0.2, 0.25) is 0 Å². The van der Waals surface area contributed by atoms with Crippen molar-refractivity contribution in [2.75, 3.05) is 5.75 Å². The summed E-state index contributed by atoms with van der Waals surface area (Å²) in [7, 11) is 0. The van der Waals surface area contributed by atoms with Crippen molar-refractivity contribution in [2.45, 2.75) is 19.0 Å². The van der Waals surface area contributed by atoms with E-state index in [4.69, 9.17) is 11.6 Å². The molecule has 6 nitrogen and oxygen atoms in total. The van der Waals surface area contributed by atoms with Gasteiger partial charge in [0.15, 0.2) is 11.0 Å². The zero-order chi connectivity index (χ0) is 24.6. The van der Waals surface area contributed by atoms with E-state index in [1.807, 2.05) is 103 Å². The molecule has 1 N–H and O–H groups in total. The van der Waals surface area contributed by atoms with Crippen molar-refractivity contribution < 1.29 is 4.79 Å². The van der Waals surface area contributed by atoms with Gasteiger partial charge < -0.3 is 0 Å². The standard InChI is InChI=1S/C27H24ClN5OS/c1-19-8-10-22(11-9-19)26-31-32-27(33(26)24-14-12-23(28)13-15-24)35-18-25(34)30-29-17-20(2)16-21-6-4-3-5-7-21/h3-17H,18H2,1-2H3,(H,30,34)/b20-16+,29-17+. The first-order valence-corrected chi connectivity index (χ1v) is 12.3. The molecule has 1 amide bonds. The highest BCUT2D eigenvalue weighted by Crippen LogP contribution is 2.28. The van der Waals surface area contributed by atoms with Crippen molar-refractivity contribution in [3.05, 3.63) is 101 Å². The Balaban J connectivity index is 1.47. The molecule has 0 fully saturated rings. The molecule has 0 unspecified atom stereocenters. The number of aryl methyl sites for hydroxylation is 1. The normalized spacial score (nSPS) is 11.7. The summed E-state index contributed by atoms with van der Waals surface area (Å²) in [6.07, 6.45) is 3.62. The Morgan fingerprint density at radius 2 is 1.74 bits per heavy atom. The lowest BCUT2D eigenvalue weighted by Crippen LogP contribution is -2.20. The molecule has 4 rings (SSSR count). The van der Waals surface area contributed by atoms with Gasteiger partial charge in [-0.2, -0.15) is 5.10 Å². The first kappa shape index (κ1) is 24.4. The van der Waals surface area contributed by atoms with E-state index in [0.29, 0.717) is 16.0 Å². The van der Waals surface area contributed by atoms with E-state index in [1.54, 1.807) is 6.21 Å². The van der Waals surface area contributed by atoms with E-state index < -0.39 is 0 Å². The van der Waals surface area contributed by atoms with Gasteiger partial charge in [-0.05, 0) is 49.2 Å². The van der Waals surface area contributed by atoms with Crippen molar-refractivity contribution in [1.29, 1.82) is 0 Å². The Morgan fingerprint density at radius 1 is 1.03 bits per heavy atom. The monoisotopic (exact) mass is 501 g/mol. The second-order valence-electron chi connectivity index (χ2n) is 7.86. The smallest absolute Gasteiger partial charge is 0.250 e. The van der Waals surface area contributed by atoms with Crippen LogP contribution in [0.25, 0.3) is 23.2 Å². The molecule has 8 heteroatoms. The number of hydrazone groups is 1. The number of hydrogen-bond acceptors (Lipinski definition) is 5. The third kappa shape index (κ3) is 6.68. The van der Waals surface area contributed by atoms with Crippen LogP contribution in [0, 0.1) is 6.92 Å². The lowest BCUT2D eigenvalue weighted by atomic mass is 10.1. The van der Waals surface area contributed by atoms with Gasteiger partial charge in [-0.1, -0.05) is 89.6 Å². The number of allylic oxidation sites excluding steroid dienone is 1. The number of amides is 1. The third-order valence-corrected chi connectivity index (χ3v) is 6.19. The maximum absolute atomic E-state index is 12.4. The van der Waals surface area contributed by atoms with Gasteiger partial charge in [0, 0.05) is 16.3 Å². The minimum Gasteiger partial charge on any atom is -0.272 e. The molecular weight excluding hydrogens is 478 g/mol. The second-order valence-corrected chi connectivity index (χ2v) is 9.24. The number of nitrogens with zero attached hydrogens (tertiary/aromatic N) is 4. The number of thioether (sulfide) groups is 1. The van der Waals surface area contributed by atoms with Crippen LogP contribution in [-0.2, 0) is 4.79 Å². The predicted octanol–water partition coefficient (Wildman–Crippen LogP) is 6.19. The molecule has 0 aliphatic rings. The van der Waals surface area contributed by atoms with Crippen molar-refractivity contribution in [3.63, 3.8) is 0 Å². The fraction of sp³-hybridized carbons (Fsp3) is 0.111. The Morgan fingerprint density at radius 3 is 2.46 bits per heavy atom. The Labute approximate surface area is 213 Å². The molecule has 1 heterocycles. The minimum absolute atomic E-state index is 0.137. The number of nitrogens with one attached hydrogen (secondary N) is 1. The Kier molecular flexibility index (Phi) is 8.13. The highest BCUT2D eigenvalue weighted by Gasteiger charge is 2.17. The molecule has 0 saturated heterocycles. The summed E-state index contributed by atoms with van der Waals surface area (Å²) in [5.41, 5.74) is 7.52. The van der Waals surface area contributed by atoms with Crippen molar-refractivity contribution in [1.82, 2.24) is 20.2 Å². The lowest BCUT2D eigenvalue weighted by molar-refractivity contribution is -0.118. The summed E-state index contributed by atoms with van der Waals surface area (Å²) in [4.78, 5) is 12.4. The van der Waals surface area contributed by atoms with Crippen LogP contribution in [0.2, 0.25) is 5.02 Å². The van der Waals surface area contributed by atoms with Gasteiger partial charge in [-0.15, -0.1) is 10.2 Å². The minimum atomic E-state index is -0.235. The number of hydrogen-bond donors (Lipinski definition) is 1. The molecule has 0 radical (unpaired) electrons. The predicted molar refractivity (Wildman–Crippen MR) is 144 cm³/mol. The molecule has 0 aliphatic carbocycles. The molecule has 176 valence electrons. The lowest BCUT2D eigenvalue weighted by Gasteiger charge is -2.10. The highest BCUT2D eigenvalue weighted by molar-refractivity contribution is 7.99. The van der Waals surface area contributed by atoms with Crippen LogP contribution in [0.15, 0.2) is 94.7 Å². The number of aromatic nitrogens is 3. The van der Waals surface area contributed by atoms with E-state index >= 15 is 0 Å². The first-order valence-electron chi connectivity index (χ1n) is 11.0. The maximum Gasteiger partial charge on any atom is 0.250 e. The van der Waals surface area contributed by atoms with Crippen LogP contribution >= 0.6 is 23.4 Å². The van der Waals surface area contributed by atoms with Gasteiger partial charge >= 0.3 is 0 Å². The summed E-state index contributed by atoms with van der Waals surface area (Å²) < 4.78 is 1.93. The molecule has 1 aromatic heterocycles. The zero-order valence-corrected chi connectivity index (χ0v) is 20.9. The van der Waals surface area contributed by atoms with E-state index in [2.05, 4.69) is 20.7 Å². The molecule has 35 heavy (non-hydrogen) atoms. The average molecular weight is 502 g/mol. The molecule has 0 bridgehead atoms. The van der Waals surface area contributed by atoms with Crippen LogP contribution < -0.4 is 5.43 Å². The highest BCUT2D eigenvalue weighted by atomic mass is 35.5. The number of rotatable bonds is 8. The summed E-state index contributed by atoms with van der Waals surface area (Å²) in [6, 6.07) is 25.4. The molecule has 0 aliphatic heterocycles. The van der Waals surface area contributed by atoms with Crippen LogP contribution in [0.5, 0.6) is 0 Å². The van der Waals surface area contributed by atoms with E-state index in [1.165, 1.54) is 11.8 Å². The average Bonchev–Trinajstić information content (AvgIpc) is 3.28. The van der Waals surface area contributed by atoms with Crippen LogP contribution in [0.4, 0.5) is 0 Å². The number of carbonyl (C=O) groups is 1. The molecule has 0 atom stereocenters. The SMILES string of the molecule is CC(/C=N/NC(=O)CSc1nnc(-c2ccc(C)cc2)n1-c1ccc(Cl)cc1)=C\c1ccccc1. The van der Waals surface area contributed by atoms with Crippen molar-refractivity contribution >= 4 is 41.6 Å².